The number of aliphatic hydroxyl groups is 5. The number of hydrogen-bond acceptors (Lipinski definition) is 12. The first-order valence-corrected chi connectivity index (χ1v) is 15.1. The average Bonchev–Trinajstić information content (AvgIpc) is 2.92. The number of aliphatic hydroxyl groups excluding tert-OH is 5. The fourth-order valence-corrected chi connectivity index (χ4v) is 6.42. The highest BCUT2D eigenvalue weighted by Crippen LogP contribution is 2.39. The summed E-state index contributed by atoms with van der Waals surface area (Å²) in [4.78, 5) is 0. The summed E-state index contributed by atoms with van der Waals surface area (Å²) in [6.45, 7) is 16.4. The molecular weight excluding hydrogens is 540 g/mol. The number of ether oxygens (including phenoxy) is 7. The summed E-state index contributed by atoms with van der Waals surface area (Å²) in [6.07, 6.45) is -10.9. The van der Waals surface area contributed by atoms with Gasteiger partial charge in [0.15, 0.2) is 25.2 Å². The van der Waals surface area contributed by atoms with E-state index < -0.39 is 97.8 Å². The van der Waals surface area contributed by atoms with Crippen molar-refractivity contribution >= 4 is 0 Å². The van der Waals surface area contributed by atoms with Gasteiger partial charge in [-0.3, -0.25) is 0 Å². The minimum absolute atomic E-state index is 0.0177. The molecule has 0 radical (unpaired) electrons. The van der Waals surface area contributed by atoms with Crippen LogP contribution in [0.15, 0.2) is 0 Å². The molecular formula is C29H52O12. The van der Waals surface area contributed by atoms with Gasteiger partial charge in [0.25, 0.3) is 0 Å². The maximum absolute atomic E-state index is 11.3. The molecule has 0 amide bonds. The molecule has 4 saturated heterocycles. The highest BCUT2D eigenvalue weighted by molar-refractivity contribution is 4.93. The Morgan fingerprint density at radius 3 is 1.32 bits per heavy atom. The van der Waals surface area contributed by atoms with Crippen molar-refractivity contribution in [3.05, 3.63) is 0 Å². The molecule has 4 heterocycles. The lowest BCUT2D eigenvalue weighted by atomic mass is 9.84. The summed E-state index contributed by atoms with van der Waals surface area (Å²) in [5.41, 5.74) is 0. The van der Waals surface area contributed by atoms with Gasteiger partial charge < -0.3 is 58.7 Å². The van der Waals surface area contributed by atoms with Gasteiger partial charge in [0, 0.05) is 23.7 Å². The third kappa shape index (κ3) is 6.64. The number of hydrogen-bond donors (Lipinski definition) is 5. The molecule has 5 N–H and O–H groups in total. The van der Waals surface area contributed by atoms with Gasteiger partial charge in [-0.2, -0.15) is 0 Å². The SMILES string of the molecule is CC1OC(O)C(C)[C@@H](O)C1OC1OC(C)[C@H](OC2OC(C)[C@H](OC3OC(C)[C@H](O)[C@H](O)C3C)[C@H](C)C2C)[C@H](O)C1C. The summed E-state index contributed by atoms with van der Waals surface area (Å²) in [5, 5.41) is 52.5. The zero-order valence-electron chi connectivity index (χ0n) is 25.6. The Morgan fingerprint density at radius 2 is 0.756 bits per heavy atom. The molecule has 0 aromatic heterocycles. The van der Waals surface area contributed by atoms with E-state index in [-0.39, 0.29) is 24.0 Å². The second-order valence-electron chi connectivity index (χ2n) is 12.9. The maximum Gasteiger partial charge on any atom is 0.163 e. The van der Waals surface area contributed by atoms with Crippen LogP contribution in [0.1, 0.15) is 62.3 Å². The predicted molar refractivity (Wildman–Crippen MR) is 144 cm³/mol. The van der Waals surface area contributed by atoms with Crippen LogP contribution in [-0.4, -0.2) is 118 Å². The van der Waals surface area contributed by atoms with E-state index in [2.05, 4.69) is 0 Å². The third-order valence-corrected chi connectivity index (χ3v) is 9.87. The van der Waals surface area contributed by atoms with Gasteiger partial charge in [-0.05, 0) is 33.6 Å². The molecule has 4 aliphatic heterocycles. The van der Waals surface area contributed by atoms with E-state index in [0.29, 0.717) is 0 Å². The fourth-order valence-electron chi connectivity index (χ4n) is 6.42. The molecule has 0 aromatic rings. The van der Waals surface area contributed by atoms with Crippen molar-refractivity contribution in [1.29, 1.82) is 0 Å². The lowest BCUT2D eigenvalue weighted by Crippen LogP contribution is -2.61. The normalized spacial score (nSPS) is 56.9. The van der Waals surface area contributed by atoms with Crippen molar-refractivity contribution in [2.45, 2.75) is 155 Å². The zero-order valence-corrected chi connectivity index (χ0v) is 25.6. The molecule has 41 heavy (non-hydrogen) atoms. The molecule has 0 aromatic carbocycles. The van der Waals surface area contributed by atoms with Crippen molar-refractivity contribution in [2.24, 2.45) is 29.6 Å². The van der Waals surface area contributed by atoms with Crippen LogP contribution in [0.3, 0.4) is 0 Å². The Hall–Kier alpha value is -0.480. The second kappa shape index (κ2) is 13.3. The molecule has 4 fully saturated rings. The second-order valence-corrected chi connectivity index (χ2v) is 12.9. The van der Waals surface area contributed by atoms with Crippen molar-refractivity contribution in [2.75, 3.05) is 0 Å². The van der Waals surface area contributed by atoms with E-state index in [9.17, 15) is 25.5 Å². The number of rotatable bonds is 6. The average molecular weight is 593 g/mol. The predicted octanol–water partition coefficient (Wildman–Crippen LogP) is 0.738. The highest BCUT2D eigenvalue weighted by atomic mass is 16.7. The highest BCUT2D eigenvalue weighted by Gasteiger charge is 2.51. The van der Waals surface area contributed by atoms with Crippen LogP contribution in [-0.2, 0) is 33.2 Å². The van der Waals surface area contributed by atoms with Gasteiger partial charge in [0.2, 0.25) is 0 Å². The molecule has 13 unspecified atom stereocenters. The van der Waals surface area contributed by atoms with E-state index in [1.54, 1.807) is 41.5 Å². The topological polar surface area (TPSA) is 166 Å². The third-order valence-electron chi connectivity index (χ3n) is 9.87. The Bertz CT molecular complexity index is 849. The fraction of sp³-hybridized carbons (Fsp3) is 1.00. The molecule has 20 atom stereocenters. The van der Waals surface area contributed by atoms with E-state index in [1.165, 1.54) is 0 Å². The zero-order chi connectivity index (χ0) is 30.5. The van der Waals surface area contributed by atoms with E-state index >= 15 is 0 Å². The Morgan fingerprint density at radius 1 is 0.366 bits per heavy atom. The van der Waals surface area contributed by atoms with Crippen LogP contribution in [0.2, 0.25) is 0 Å². The van der Waals surface area contributed by atoms with Crippen LogP contribution >= 0.6 is 0 Å². The Labute approximate surface area is 243 Å². The summed E-state index contributed by atoms with van der Waals surface area (Å²) in [7, 11) is 0. The first kappa shape index (κ1) is 33.4. The van der Waals surface area contributed by atoms with Gasteiger partial charge in [0.1, 0.15) is 18.3 Å². The largest absolute Gasteiger partial charge is 0.390 e. The first-order valence-electron chi connectivity index (χ1n) is 15.1. The molecule has 0 spiro atoms. The summed E-state index contributed by atoms with van der Waals surface area (Å²) in [5.74, 6) is -1.58. The molecule has 12 nitrogen and oxygen atoms in total. The van der Waals surface area contributed by atoms with Gasteiger partial charge >= 0.3 is 0 Å². The lowest BCUT2D eigenvalue weighted by molar-refractivity contribution is -0.363. The maximum atomic E-state index is 11.3. The van der Waals surface area contributed by atoms with Gasteiger partial charge in [-0.15, -0.1) is 0 Å². The molecule has 4 rings (SSSR count). The molecule has 0 bridgehead atoms. The molecule has 12 heteroatoms. The van der Waals surface area contributed by atoms with Gasteiger partial charge in [-0.1, -0.05) is 34.6 Å². The summed E-state index contributed by atoms with van der Waals surface area (Å²) < 4.78 is 42.7. The monoisotopic (exact) mass is 592 g/mol. The molecule has 240 valence electrons. The molecule has 0 aliphatic carbocycles. The van der Waals surface area contributed by atoms with Crippen LogP contribution in [0.25, 0.3) is 0 Å². The standard InChI is InChI=1S/C29H52O12/c1-10-11(2)27(37-16(7)23(10)39-28-13(4)19(30)22(33)15(6)36-28)40-25-18(9)38-29(14(5)21(25)32)41-24-17(8)35-26(34)12(3)20(24)31/h10-34H,1-9H3/t10-,11?,12?,13?,14?,15?,16?,17?,18?,19-,20-,21-,22+,23-,24?,25+,26?,27?,28?,29?/m1/s1. The van der Waals surface area contributed by atoms with Crippen molar-refractivity contribution in [3.63, 3.8) is 0 Å². The van der Waals surface area contributed by atoms with Gasteiger partial charge in [0.05, 0.1) is 48.8 Å². The van der Waals surface area contributed by atoms with Crippen LogP contribution in [0.5, 0.6) is 0 Å². The smallest absolute Gasteiger partial charge is 0.163 e. The lowest BCUT2D eigenvalue weighted by Gasteiger charge is -2.50. The Balaban J connectivity index is 1.37. The van der Waals surface area contributed by atoms with E-state index in [1.807, 2.05) is 20.8 Å². The van der Waals surface area contributed by atoms with Crippen molar-refractivity contribution < 1.29 is 58.7 Å². The first-order chi connectivity index (χ1) is 19.1. The van der Waals surface area contributed by atoms with Crippen molar-refractivity contribution in [1.82, 2.24) is 0 Å². The molecule has 4 aliphatic rings. The van der Waals surface area contributed by atoms with Crippen molar-refractivity contribution in [3.8, 4) is 0 Å². The van der Waals surface area contributed by atoms with Crippen LogP contribution in [0, 0.1) is 29.6 Å². The minimum atomic E-state index is -1.08. The molecule has 0 saturated carbocycles. The van der Waals surface area contributed by atoms with E-state index in [0.717, 1.165) is 0 Å². The Kier molecular flexibility index (Phi) is 10.8. The quantitative estimate of drug-likeness (QED) is 0.294. The van der Waals surface area contributed by atoms with Crippen LogP contribution < -0.4 is 0 Å². The van der Waals surface area contributed by atoms with Gasteiger partial charge in [-0.25, -0.2) is 0 Å². The summed E-state index contributed by atoms with van der Waals surface area (Å²) >= 11 is 0. The summed E-state index contributed by atoms with van der Waals surface area (Å²) in [6, 6.07) is 0. The van der Waals surface area contributed by atoms with Crippen LogP contribution in [0.4, 0.5) is 0 Å². The van der Waals surface area contributed by atoms with E-state index in [4.69, 9.17) is 33.2 Å². The minimum Gasteiger partial charge on any atom is -0.390 e.